The lowest BCUT2D eigenvalue weighted by Crippen LogP contribution is -2.69. The second kappa shape index (κ2) is 11.7. The van der Waals surface area contributed by atoms with Crippen molar-refractivity contribution in [3.63, 3.8) is 0 Å². The molecule has 0 N–H and O–H groups in total. The molecule has 7 rings (SSSR count). The van der Waals surface area contributed by atoms with Gasteiger partial charge in [0, 0.05) is 82.3 Å². The molecular formula is C32H43F2N7O3. The third-order valence-corrected chi connectivity index (χ3v) is 10.6. The highest BCUT2D eigenvalue weighted by atomic mass is 19.3. The molecule has 0 bridgehead atoms. The first-order chi connectivity index (χ1) is 21.3. The molecule has 0 saturated carbocycles. The van der Waals surface area contributed by atoms with Crippen LogP contribution in [0.2, 0.25) is 0 Å². The molecule has 44 heavy (non-hydrogen) atoms. The number of hydrogen-bond acceptors (Lipinski definition) is 8. The van der Waals surface area contributed by atoms with Gasteiger partial charge in [0.1, 0.15) is 17.1 Å². The van der Waals surface area contributed by atoms with Crippen molar-refractivity contribution in [2.75, 3.05) is 75.9 Å². The number of carbonyl (C=O) groups is 1. The van der Waals surface area contributed by atoms with E-state index in [1.165, 1.54) is 6.08 Å². The topological polar surface area (TPSA) is 79.2 Å². The van der Waals surface area contributed by atoms with Crippen LogP contribution in [0.15, 0.2) is 24.9 Å². The Balaban J connectivity index is 1.10. The summed E-state index contributed by atoms with van der Waals surface area (Å²) in [6, 6.07) is 2.75. The van der Waals surface area contributed by atoms with Gasteiger partial charge in [-0.05, 0) is 50.7 Å². The molecule has 238 valence electrons. The summed E-state index contributed by atoms with van der Waals surface area (Å²) in [6.45, 7) is 11.9. The number of aromatic nitrogens is 3. The van der Waals surface area contributed by atoms with E-state index in [9.17, 15) is 13.6 Å². The number of nitrogens with zero attached hydrogens (tertiary/aromatic N) is 7. The molecule has 2 aromatic rings. The number of piperidine rings is 1. The fourth-order valence-corrected chi connectivity index (χ4v) is 8.30. The van der Waals surface area contributed by atoms with Crippen LogP contribution in [-0.2, 0) is 26.3 Å². The Bertz CT molecular complexity index is 1400. The number of ether oxygens (including phenoxy) is 2. The van der Waals surface area contributed by atoms with E-state index in [1.807, 2.05) is 11.1 Å². The smallest absolute Gasteiger partial charge is 0.280 e. The van der Waals surface area contributed by atoms with Gasteiger partial charge in [-0.1, -0.05) is 6.58 Å². The Kier molecular flexibility index (Phi) is 7.86. The van der Waals surface area contributed by atoms with Gasteiger partial charge in [-0.25, -0.2) is 13.8 Å². The summed E-state index contributed by atoms with van der Waals surface area (Å²) in [5.41, 5.74) is 3.33. The van der Waals surface area contributed by atoms with Crippen LogP contribution in [0, 0.1) is 6.92 Å². The van der Waals surface area contributed by atoms with Crippen LogP contribution in [0.3, 0.4) is 0 Å². The standard InChI is InChI=1S/C32H43F2N7O3/c1-4-28(42)39-14-12-37(13-15-39)26-18-40-24(26)7-5-6-23-25(40)16-27(36-29(23)31(33)34)38-10-8-32(9-11-38)30-21(2)17-35-41(30)22(19-43-3)20-44-32/h4,16-17,22,24,26,31H,1,5-15,18-20H2,2-3H3/t22-,24?,26?/m0/s1. The lowest BCUT2D eigenvalue weighted by molar-refractivity contribution is -0.128. The second-order valence-corrected chi connectivity index (χ2v) is 12.9. The van der Waals surface area contributed by atoms with Crippen LogP contribution in [0.5, 0.6) is 0 Å². The molecule has 2 unspecified atom stereocenters. The number of fused-ring (bicyclic) bond motifs is 5. The van der Waals surface area contributed by atoms with Crippen LogP contribution in [-0.4, -0.2) is 109 Å². The van der Waals surface area contributed by atoms with Crippen LogP contribution in [0.4, 0.5) is 20.3 Å². The predicted molar refractivity (Wildman–Crippen MR) is 162 cm³/mol. The van der Waals surface area contributed by atoms with Crippen molar-refractivity contribution in [2.24, 2.45) is 0 Å². The summed E-state index contributed by atoms with van der Waals surface area (Å²) in [5, 5.41) is 4.67. The molecule has 10 nitrogen and oxygen atoms in total. The number of rotatable bonds is 6. The van der Waals surface area contributed by atoms with Crippen molar-refractivity contribution < 1.29 is 23.0 Å². The van der Waals surface area contributed by atoms with Crippen molar-refractivity contribution in [1.82, 2.24) is 24.6 Å². The van der Waals surface area contributed by atoms with Gasteiger partial charge in [0.25, 0.3) is 6.43 Å². The Labute approximate surface area is 257 Å². The number of carbonyl (C=O) groups excluding carboxylic acids is 1. The largest absolute Gasteiger partial charge is 0.382 e. The molecule has 0 aromatic carbocycles. The molecule has 1 amide bonds. The van der Waals surface area contributed by atoms with Gasteiger partial charge in [0.2, 0.25) is 5.91 Å². The summed E-state index contributed by atoms with van der Waals surface area (Å²) in [4.78, 5) is 25.5. The first-order valence-corrected chi connectivity index (χ1v) is 16.0. The maximum Gasteiger partial charge on any atom is 0.280 e. The molecule has 2 aromatic heterocycles. The quantitative estimate of drug-likeness (QED) is 0.460. The average Bonchev–Trinajstić information content (AvgIpc) is 3.37. The summed E-state index contributed by atoms with van der Waals surface area (Å²) in [7, 11) is 1.69. The Morgan fingerprint density at radius 3 is 2.68 bits per heavy atom. The Morgan fingerprint density at radius 1 is 1.20 bits per heavy atom. The second-order valence-electron chi connectivity index (χ2n) is 12.9. The summed E-state index contributed by atoms with van der Waals surface area (Å²) in [5.74, 6) is 0.616. The number of hydrogen-bond donors (Lipinski definition) is 0. The van der Waals surface area contributed by atoms with Crippen LogP contribution in [0.25, 0.3) is 0 Å². The predicted octanol–water partition coefficient (Wildman–Crippen LogP) is 3.46. The Hall–Kier alpha value is -3.09. The number of methoxy groups -OCH3 is 1. The third-order valence-electron chi connectivity index (χ3n) is 10.6. The van der Waals surface area contributed by atoms with Gasteiger partial charge in [-0.3, -0.25) is 14.4 Å². The summed E-state index contributed by atoms with van der Waals surface area (Å²) >= 11 is 0. The van der Waals surface area contributed by atoms with Crippen molar-refractivity contribution in [2.45, 2.75) is 69.2 Å². The lowest BCUT2D eigenvalue weighted by atomic mass is 9.84. The average molecular weight is 612 g/mol. The first-order valence-electron chi connectivity index (χ1n) is 16.0. The van der Waals surface area contributed by atoms with E-state index in [2.05, 4.69) is 49.0 Å². The molecular weight excluding hydrogens is 568 g/mol. The fraction of sp³-hybridized carbons (Fsp3) is 0.656. The number of halogens is 2. The number of alkyl halides is 2. The number of amides is 1. The number of pyridine rings is 1. The zero-order valence-corrected chi connectivity index (χ0v) is 25.8. The SMILES string of the molecule is C=CC(=O)N1CCN(C2CN3c4cc(N5CCC6(CC5)OC[C@H](COC)n5ncc(C)c56)nc(C(F)F)c4CCCC23)CC1. The van der Waals surface area contributed by atoms with Gasteiger partial charge in [-0.15, -0.1) is 0 Å². The van der Waals surface area contributed by atoms with E-state index in [0.717, 1.165) is 62.3 Å². The highest BCUT2D eigenvalue weighted by molar-refractivity contribution is 5.87. The summed E-state index contributed by atoms with van der Waals surface area (Å²) < 4.78 is 43.2. The van der Waals surface area contributed by atoms with Crippen molar-refractivity contribution >= 4 is 17.4 Å². The molecule has 5 aliphatic rings. The lowest BCUT2D eigenvalue weighted by Gasteiger charge is -2.55. The van der Waals surface area contributed by atoms with E-state index in [0.29, 0.717) is 63.2 Å². The van der Waals surface area contributed by atoms with E-state index in [-0.39, 0.29) is 23.7 Å². The maximum absolute atomic E-state index is 14.5. The van der Waals surface area contributed by atoms with Gasteiger partial charge < -0.3 is 24.2 Å². The fourth-order valence-electron chi connectivity index (χ4n) is 8.30. The molecule has 3 saturated heterocycles. The van der Waals surface area contributed by atoms with Gasteiger partial charge in [0.15, 0.2) is 0 Å². The van der Waals surface area contributed by atoms with Crippen molar-refractivity contribution in [1.29, 1.82) is 0 Å². The molecule has 12 heteroatoms. The first kappa shape index (κ1) is 29.6. The minimum Gasteiger partial charge on any atom is -0.382 e. The van der Waals surface area contributed by atoms with Crippen molar-refractivity contribution in [3.05, 3.63) is 47.4 Å². The minimum absolute atomic E-state index is 0.0161. The normalized spacial score (nSPS) is 26.6. The minimum atomic E-state index is -2.62. The van der Waals surface area contributed by atoms with Crippen LogP contribution in [0.1, 0.15) is 60.7 Å². The highest BCUT2D eigenvalue weighted by Crippen LogP contribution is 2.46. The van der Waals surface area contributed by atoms with E-state index in [1.54, 1.807) is 7.11 Å². The summed E-state index contributed by atoms with van der Waals surface area (Å²) in [6.07, 6.45) is 4.57. The monoisotopic (exact) mass is 611 g/mol. The highest BCUT2D eigenvalue weighted by Gasteiger charge is 2.48. The van der Waals surface area contributed by atoms with E-state index < -0.39 is 12.0 Å². The third kappa shape index (κ3) is 4.89. The van der Waals surface area contributed by atoms with Crippen LogP contribution < -0.4 is 9.80 Å². The molecule has 3 atom stereocenters. The van der Waals surface area contributed by atoms with Gasteiger partial charge in [-0.2, -0.15) is 5.10 Å². The van der Waals surface area contributed by atoms with Crippen molar-refractivity contribution in [3.8, 4) is 0 Å². The number of piperazine rings is 1. The van der Waals surface area contributed by atoms with Gasteiger partial charge in [0.05, 0.1) is 31.1 Å². The molecule has 1 spiro atoms. The molecule has 5 aliphatic heterocycles. The zero-order valence-electron chi connectivity index (χ0n) is 25.8. The number of aryl methyl sites for hydroxylation is 1. The molecule has 3 fully saturated rings. The molecule has 0 radical (unpaired) electrons. The molecule has 0 aliphatic carbocycles. The molecule has 7 heterocycles. The van der Waals surface area contributed by atoms with Gasteiger partial charge >= 0.3 is 0 Å². The zero-order chi connectivity index (χ0) is 30.6. The maximum atomic E-state index is 14.5. The van der Waals surface area contributed by atoms with E-state index >= 15 is 0 Å². The number of anilines is 2. The Morgan fingerprint density at radius 2 is 1.98 bits per heavy atom. The van der Waals surface area contributed by atoms with E-state index in [4.69, 9.17) is 9.47 Å². The van der Waals surface area contributed by atoms with Crippen LogP contribution >= 0.6 is 0 Å².